The van der Waals surface area contributed by atoms with Crippen molar-refractivity contribution in [2.24, 2.45) is 0 Å². The number of aliphatic hydroxyl groups is 1. The van der Waals surface area contributed by atoms with Gasteiger partial charge in [-0.05, 0) is 13.1 Å². The Hall–Kier alpha value is -1.53. The van der Waals surface area contributed by atoms with Gasteiger partial charge in [-0.3, -0.25) is 15.0 Å². The molecule has 5 nitrogen and oxygen atoms in total. The minimum atomic E-state index is -0.561. The molecule has 1 rings (SSSR count). The average Bonchev–Trinajstić information content (AvgIpc) is 2.21. The summed E-state index contributed by atoms with van der Waals surface area (Å²) in [7, 11) is 1.70. The molecule has 0 saturated carbocycles. The van der Waals surface area contributed by atoms with Crippen LogP contribution in [0.4, 0.5) is 10.1 Å². The fourth-order valence-electron chi connectivity index (χ4n) is 1.34. The van der Waals surface area contributed by atoms with Crippen LogP contribution in [0.15, 0.2) is 18.2 Å². The van der Waals surface area contributed by atoms with E-state index in [2.05, 4.69) is 0 Å². The topological polar surface area (TPSA) is 66.6 Å². The predicted molar refractivity (Wildman–Crippen MR) is 56.5 cm³/mol. The first-order chi connectivity index (χ1) is 7.54. The number of aliphatic hydroxyl groups excluding tert-OH is 1. The summed E-state index contributed by atoms with van der Waals surface area (Å²) in [6.07, 6.45) is 0. The van der Waals surface area contributed by atoms with Gasteiger partial charge in [0.25, 0.3) is 5.69 Å². The Labute approximate surface area is 92.3 Å². The van der Waals surface area contributed by atoms with Crippen molar-refractivity contribution < 1.29 is 14.4 Å². The predicted octanol–water partition coefficient (Wildman–Crippen LogP) is 1.16. The van der Waals surface area contributed by atoms with Crippen molar-refractivity contribution in [3.8, 4) is 0 Å². The number of nitro groups is 1. The molecule has 0 aliphatic carbocycles. The maximum absolute atomic E-state index is 13.3. The Morgan fingerprint density at radius 2 is 2.25 bits per heavy atom. The van der Waals surface area contributed by atoms with Crippen molar-refractivity contribution in [2.45, 2.75) is 6.54 Å². The molecule has 0 atom stereocenters. The highest BCUT2D eigenvalue weighted by atomic mass is 19.1. The standard InChI is InChI=1S/C10H13FN2O3/c1-12(4-5-14)7-8-6-9(13(15)16)2-3-10(8)11/h2-3,6,14H,4-5,7H2,1H3. The molecule has 0 saturated heterocycles. The molecule has 1 N–H and O–H groups in total. The van der Waals surface area contributed by atoms with Crippen LogP contribution in [0.2, 0.25) is 0 Å². The highest BCUT2D eigenvalue weighted by molar-refractivity contribution is 5.35. The minimum Gasteiger partial charge on any atom is -0.395 e. The third-order valence-corrected chi connectivity index (χ3v) is 2.16. The average molecular weight is 228 g/mol. The van der Waals surface area contributed by atoms with E-state index in [-0.39, 0.29) is 24.4 Å². The molecule has 0 bridgehead atoms. The van der Waals surface area contributed by atoms with Gasteiger partial charge in [-0.2, -0.15) is 0 Å². The molecule has 1 aromatic rings. The Morgan fingerprint density at radius 3 is 2.81 bits per heavy atom. The summed E-state index contributed by atoms with van der Waals surface area (Å²) in [6.45, 7) is 0.587. The maximum Gasteiger partial charge on any atom is 0.269 e. The second kappa shape index (κ2) is 5.53. The zero-order chi connectivity index (χ0) is 12.1. The molecule has 1 aromatic carbocycles. The van der Waals surface area contributed by atoms with E-state index in [0.717, 1.165) is 12.1 Å². The van der Waals surface area contributed by atoms with Crippen LogP contribution in [-0.4, -0.2) is 35.1 Å². The largest absolute Gasteiger partial charge is 0.395 e. The summed E-state index contributed by atoms with van der Waals surface area (Å²) in [5.41, 5.74) is 0.124. The summed E-state index contributed by atoms with van der Waals surface area (Å²) in [5, 5.41) is 19.2. The fourth-order valence-corrected chi connectivity index (χ4v) is 1.34. The van der Waals surface area contributed by atoms with Crippen LogP contribution in [-0.2, 0) is 6.54 Å². The maximum atomic E-state index is 13.3. The van der Waals surface area contributed by atoms with Gasteiger partial charge in [0, 0.05) is 30.8 Å². The van der Waals surface area contributed by atoms with Crippen LogP contribution in [0.3, 0.4) is 0 Å². The molecule has 16 heavy (non-hydrogen) atoms. The van der Waals surface area contributed by atoms with E-state index >= 15 is 0 Å². The number of halogens is 1. The normalized spacial score (nSPS) is 10.8. The third-order valence-electron chi connectivity index (χ3n) is 2.16. The van der Waals surface area contributed by atoms with Gasteiger partial charge in [-0.1, -0.05) is 0 Å². The fraction of sp³-hybridized carbons (Fsp3) is 0.400. The molecule has 0 aliphatic heterocycles. The van der Waals surface area contributed by atoms with Crippen molar-refractivity contribution >= 4 is 5.69 Å². The van der Waals surface area contributed by atoms with Gasteiger partial charge in [0.15, 0.2) is 0 Å². The second-order valence-corrected chi connectivity index (χ2v) is 3.49. The molecule has 0 spiro atoms. The second-order valence-electron chi connectivity index (χ2n) is 3.49. The summed E-state index contributed by atoms with van der Waals surface area (Å²) >= 11 is 0. The molecule has 88 valence electrons. The first kappa shape index (κ1) is 12.5. The summed E-state index contributed by atoms with van der Waals surface area (Å²) in [4.78, 5) is 11.6. The van der Waals surface area contributed by atoms with Gasteiger partial charge < -0.3 is 5.11 Å². The number of non-ortho nitro benzene ring substituents is 1. The number of nitro benzene ring substituents is 1. The van der Waals surface area contributed by atoms with E-state index in [1.54, 1.807) is 11.9 Å². The summed E-state index contributed by atoms with van der Waals surface area (Å²) in [5.74, 6) is -0.476. The molecule has 0 aromatic heterocycles. The van der Waals surface area contributed by atoms with Gasteiger partial charge in [0.2, 0.25) is 0 Å². The van der Waals surface area contributed by atoms with Gasteiger partial charge in [-0.15, -0.1) is 0 Å². The molecule has 0 amide bonds. The molecule has 0 heterocycles. The lowest BCUT2D eigenvalue weighted by Gasteiger charge is -2.15. The Morgan fingerprint density at radius 1 is 1.56 bits per heavy atom. The smallest absolute Gasteiger partial charge is 0.269 e. The van der Waals surface area contributed by atoms with E-state index in [9.17, 15) is 14.5 Å². The Kier molecular flexibility index (Phi) is 4.33. The van der Waals surface area contributed by atoms with Crippen molar-refractivity contribution in [3.63, 3.8) is 0 Å². The van der Waals surface area contributed by atoms with Gasteiger partial charge in [0.05, 0.1) is 11.5 Å². The lowest BCUT2D eigenvalue weighted by Crippen LogP contribution is -2.22. The molecular weight excluding hydrogens is 215 g/mol. The first-order valence-electron chi connectivity index (χ1n) is 4.77. The van der Waals surface area contributed by atoms with E-state index in [1.165, 1.54) is 6.07 Å². The quantitative estimate of drug-likeness (QED) is 0.606. The highest BCUT2D eigenvalue weighted by Crippen LogP contribution is 2.17. The molecule has 0 aliphatic rings. The Bertz CT molecular complexity index is 384. The van der Waals surface area contributed by atoms with Crippen molar-refractivity contribution in [1.82, 2.24) is 4.90 Å². The number of rotatable bonds is 5. The monoisotopic (exact) mass is 228 g/mol. The number of benzene rings is 1. The first-order valence-corrected chi connectivity index (χ1v) is 4.77. The number of likely N-dealkylation sites (N-methyl/N-ethyl adjacent to an activating group) is 1. The molecule has 6 heteroatoms. The van der Waals surface area contributed by atoms with Gasteiger partial charge in [0.1, 0.15) is 5.82 Å². The van der Waals surface area contributed by atoms with E-state index in [1.807, 2.05) is 0 Å². The zero-order valence-corrected chi connectivity index (χ0v) is 8.89. The summed E-state index contributed by atoms with van der Waals surface area (Å²) in [6, 6.07) is 3.42. The lowest BCUT2D eigenvalue weighted by atomic mass is 10.2. The molecule has 0 unspecified atom stereocenters. The van der Waals surface area contributed by atoms with E-state index < -0.39 is 10.7 Å². The number of hydrogen-bond donors (Lipinski definition) is 1. The van der Waals surface area contributed by atoms with Crippen molar-refractivity contribution in [3.05, 3.63) is 39.7 Å². The minimum absolute atomic E-state index is 0.0347. The van der Waals surface area contributed by atoms with Crippen LogP contribution in [0.5, 0.6) is 0 Å². The van der Waals surface area contributed by atoms with Gasteiger partial charge in [-0.25, -0.2) is 4.39 Å². The highest BCUT2D eigenvalue weighted by Gasteiger charge is 2.11. The summed E-state index contributed by atoms with van der Waals surface area (Å²) < 4.78 is 13.3. The number of hydrogen-bond acceptors (Lipinski definition) is 4. The molecule has 0 radical (unpaired) electrons. The van der Waals surface area contributed by atoms with Gasteiger partial charge >= 0.3 is 0 Å². The third kappa shape index (κ3) is 3.25. The van der Waals surface area contributed by atoms with Crippen LogP contribution in [0.25, 0.3) is 0 Å². The van der Waals surface area contributed by atoms with Crippen LogP contribution in [0.1, 0.15) is 5.56 Å². The molecular formula is C10H13FN2O3. The van der Waals surface area contributed by atoms with Crippen molar-refractivity contribution in [2.75, 3.05) is 20.2 Å². The van der Waals surface area contributed by atoms with E-state index in [4.69, 9.17) is 5.11 Å². The Balaban J connectivity index is 2.85. The van der Waals surface area contributed by atoms with Crippen LogP contribution >= 0.6 is 0 Å². The van der Waals surface area contributed by atoms with E-state index in [0.29, 0.717) is 6.54 Å². The van der Waals surface area contributed by atoms with Crippen LogP contribution in [0, 0.1) is 15.9 Å². The van der Waals surface area contributed by atoms with Crippen molar-refractivity contribution in [1.29, 1.82) is 0 Å². The van der Waals surface area contributed by atoms with Crippen LogP contribution < -0.4 is 0 Å². The SMILES string of the molecule is CN(CCO)Cc1cc([N+](=O)[O-])ccc1F. The lowest BCUT2D eigenvalue weighted by molar-refractivity contribution is -0.385. The molecule has 0 fully saturated rings. The zero-order valence-electron chi connectivity index (χ0n) is 8.89. The number of nitrogens with zero attached hydrogens (tertiary/aromatic N) is 2.